The molecule has 1 saturated heterocycles. The summed E-state index contributed by atoms with van der Waals surface area (Å²) in [6, 6.07) is 25.8. The maximum Gasteiger partial charge on any atom is 0.254 e. The molecule has 176 valence electrons. The second kappa shape index (κ2) is 9.02. The van der Waals surface area contributed by atoms with Crippen molar-refractivity contribution in [2.75, 3.05) is 18.4 Å². The van der Waals surface area contributed by atoms with Crippen LogP contribution >= 0.6 is 0 Å². The number of rotatable bonds is 5. The molecule has 1 aromatic heterocycles. The van der Waals surface area contributed by atoms with Crippen molar-refractivity contribution in [1.29, 1.82) is 0 Å². The van der Waals surface area contributed by atoms with E-state index >= 15 is 0 Å². The van der Waals surface area contributed by atoms with Gasteiger partial charge in [-0.1, -0.05) is 66.7 Å². The molecule has 2 atom stereocenters. The van der Waals surface area contributed by atoms with Crippen molar-refractivity contribution >= 4 is 28.4 Å². The smallest absolute Gasteiger partial charge is 0.254 e. The molecule has 0 unspecified atom stereocenters. The molecule has 2 fully saturated rings. The maximum absolute atomic E-state index is 13.6. The van der Waals surface area contributed by atoms with E-state index < -0.39 is 0 Å². The van der Waals surface area contributed by atoms with E-state index in [9.17, 15) is 9.59 Å². The predicted molar refractivity (Wildman–Crippen MR) is 136 cm³/mol. The zero-order chi connectivity index (χ0) is 23.8. The molecule has 1 saturated carbocycles. The average Bonchev–Trinajstić information content (AvgIpc) is 3.66. The number of aromatic amines is 1. The molecule has 0 spiro atoms. The molecule has 2 amide bonds. The largest absolute Gasteiger partial charge is 0.338 e. The van der Waals surface area contributed by atoms with Crippen LogP contribution in [-0.4, -0.2) is 40.0 Å². The van der Waals surface area contributed by atoms with Crippen LogP contribution in [0, 0.1) is 5.92 Å². The fraction of sp³-hybridized carbons (Fsp3) is 0.276. The summed E-state index contributed by atoms with van der Waals surface area (Å²) in [4.78, 5) is 28.9. The Morgan fingerprint density at radius 2 is 1.69 bits per heavy atom. The first-order valence-corrected chi connectivity index (χ1v) is 12.4. The second-order valence-corrected chi connectivity index (χ2v) is 9.66. The Labute approximate surface area is 204 Å². The normalized spacial score (nSPS) is 20.1. The van der Waals surface area contributed by atoms with Gasteiger partial charge >= 0.3 is 0 Å². The average molecular weight is 465 g/mol. The summed E-state index contributed by atoms with van der Waals surface area (Å²) < 4.78 is 0. The Bertz CT molecular complexity index is 1370. The van der Waals surface area contributed by atoms with Crippen molar-refractivity contribution in [3.8, 4) is 0 Å². The number of carbonyl (C=O) groups is 2. The van der Waals surface area contributed by atoms with Crippen molar-refractivity contribution in [3.05, 3.63) is 95.7 Å². The highest BCUT2D eigenvalue weighted by Crippen LogP contribution is 2.40. The van der Waals surface area contributed by atoms with Crippen LogP contribution in [0.25, 0.3) is 10.8 Å². The summed E-state index contributed by atoms with van der Waals surface area (Å²) in [5.41, 5.74) is 2.88. The SMILES string of the molecule is O=C(Nc1cc(C2CC2)[nH]n1)[C@@H]1CCN(C(=O)c2cccc3ccccc23)C[C@@H]1c1ccccc1. The van der Waals surface area contributed by atoms with Gasteiger partial charge < -0.3 is 10.2 Å². The monoisotopic (exact) mass is 464 g/mol. The molecule has 3 aromatic carbocycles. The molecular weight excluding hydrogens is 436 g/mol. The Kier molecular flexibility index (Phi) is 5.57. The molecule has 6 heteroatoms. The van der Waals surface area contributed by atoms with E-state index in [1.54, 1.807) is 0 Å². The lowest BCUT2D eigenvalue weighted by Crippen LogP contribution is -2.46. The lowest BCUT2D eigenvalue weighted by molar-refractivity contribution is -0.121. The number of nitrogens with zero attached hydrogens (tertiary/aromatic N) is 2. The van der Waals surface area contributed by atoms with Crippen molar-refractivity contribution in [1.82, 2.24) is 15.1 Å². The van der Waals surface area contributed by atoms with Gasteiger partial charge in [-0.15, -0.1) is 0 Å². The number of benzene rings is 3. The number of amides is 2. The number of likely N-dealkylation sites (tertiary alicyclic amines) is 1. The summed E-state index contributed by atoms with van der Waals surface area (Å²) in [5.74, 6) is 0.778. The standard InChI is InChI=1S/C29H28N4O2/c34-28(30-27-17-26(31-32-27)21-13-14-21)23-15-16-33(18-25(23)20-7-2-1-3-8-20)29(35)24-12-6-10-19-9-4-5-11-22(19)24/h1-12,17,21,23,25H,13-16,18H2,(H2,30,31,32,34)/t23-,25-/m1/s1. The van der Waals surface area contributed by atoms with Crippen LogP contribution in [0.2, 0.25) is 0 Å². The topological polar surface area (TPSA) is 78.1 Å². The molecule has 0 radical (unpaired) electrons. The van der Waals surface area contributed by atoms with E-state index in [0.717, 1.165) is 22.0 Å². The number of H-pyrrole nitrogens is 1. The van der Waals surface area contributed by atoms with Crippen LogP contribution in [0.15, 0.2) is 78.9 Å². The van der Waals surface area contributed by atoms with Crippen molar-refractivity contribution in [2.24, 2.45) is 5.92 Å². The third kappa shape index (κ3) is 4.32. The van der Waals surface area contributed by atoms with Gasteiger partial charge in [0.1, 0.15) is 0 Å². The zero-order valence-corrected chi connectivity index (χ0v) is 19.5. The van der Waals surface area contributed by atoms with Gasteiger partial charge in [0, 0.05) is 48.2 Å². The number of aromatic nitrogens is 2. The minimum atomic E-state index is -0.241. The first-order chi connectivity index (χ1) is 17.2. The number of nitrogens with one attached hydrogen (secondary N) is 2. The second-order valence-electron chi connectivity index (χ2n) is 9.66. The van der Waals surface area contributed by atoms with E-state index in [1.165, 1.54) is 12.8 Å². The van der Waals surface area contributed by atoms with Crippen molar-refractivity contribution in [2.45, 2.75) is 31.1 Å². The predicted octanol–water partition coefficient (Wildman–Crippen LogP) is 5.32. The molecular formula is C29H28N4O2. The van der Waals surface area contributed by atoms with Gasteiger partial charge in [-0.25, -0.2) is 0 Å². The van der Waals surface area contributed by atoms with Gasteiger partial charge in [0.05, 0.1) is 0 Å². The number of hydrogen-bond acceptors (Lipinski definition) is 3. The fourth-order valence-corrected chi connectivity index (χ4v) is 5.29. The fourth-order valence-electron chi connectivity index (χ4n) is 5.29. The minimum absolute atomic E-state index is 0.0166. The first kappa shape index (κ1) is 21.6. The van der Waals surface area contributed by atoms with Crippen molar-refractivity contribution < 1.29 is 9.59 Å². The highest BCUT2D eigenvalue weighted by Gasteiger charge is 2.37. The molecule has 0 bridgehead atoms. The van der Waals surface area contributed by atoms with Crippen LogP contribution in [0.4, 0.5) is 5.82 Å². The Morgan fingerprint density at radius 1 is 0.914 bits per heavy atom. The van der Waals surface area contributed by atoms with E-state index in [4.69, 9.17) is 0 Å². The summed E-state index contributed by atoms with van der Waals surface area (Å²) in [6.07, 6.45) is 2.95. The summed E-state index contributed by atoms with van der Waals surface area (Å²) in [7, 11) is 0. The Hall–Kier alpha value is -3.93. The maximum atomic E-state index is 13.6. The molecule has 1 aliphatic heterocycles. The molecule has 2 aliphatic rings. The van der Waals surface area contributed by atoms with Gasteiger partial charge in [0.2, 0.25) is 5.91 Å². The molecule has 6 rings (SSSR count). The third-order valence-corrected chi connectivity index (χ3v) is 7.35. The molecule has 35 heavy (non-hydrogen) atoms. The van der Waals surface area contributed by atoms with E-state index in [-0.39, 0.29) is 23.7 Å². The van der Waals surface area contributed by atoms with Crippen LogP contribution in [0.5, 0.6) is 0 Å². The van der Waals surface area contributed by atoms with Crippen LogP contribution in [0.1, 0.15) is 52.7 Å². The number of piperidine rings is 1. The quantitative estimate of drug-likeness (QED) is 0.419. The number of hydrogen-bond donors (Lipinski definition) is 2. The summed E-state index contributed by atoms with van der Waals surface area (Å²) >= 11 is 0. The number of fused-ring (bicyclic) bond motifs is 1. The molecule has 6 nitrogen and oxygen atoms in total. The zero-order valence-electron chi connectivity index (χ0n) is 19.5. The van der Waals surface area contributed by atoms with Gasteiger partial charge in [-0.2, -0.15) is 5.10 Å². The van der Waals surface area contributed by atoms with Crippen LogP contribution in [0.3, 0.4) is 0 Å². The van der Waals surface area contributed by atoms with Gasteiger partial charge in [-0.3, -0.25) is 14.7 Å². The minimum Gasteiger partial charge on any atom is -0.338 e. The summed E-state index contributed by atoms with van der Waals surface area (Å²) in [5, 5.41) is 12.4. The Morgan fingerprint density at radius 3 is 2.51 bits per heavy atom. The van der Waals surface area contributed by atoms with E-state index in [2.05, 4.69) is 27.6 Å². The van der Waals surface area contributed by atoms with E-state index in [0.29, 0.717) is 36.8 Å². The molecule has 4 aromatic rings. The number of anilines is 1. The van der Waals surface area contributed by atoms with Gasteiger partial charge in [0.25, 0.3) is 5.91 Å². The highest BCUT2D eigenvalue weighted by molar-refractivity contribution is 6.07. The summed E-state index contributed by atoms with van der Waals surface area (Å²) in [6.45, 7) is 1.04. The van der Waals surface area contributed by atoms with Crippen LogP contribution < -0.4 is 5.32 Å². The lowest BCUT2D eigenvalue weighted by Gasteiger charge is -2.38. The highest BCUT2D eigenvalue weighted by atomic mass is 16.2. The lowest BCUT2D eigenvalue weighted by atomic mass is 9.80. The molecule has 2 heterocycles. The van der Waals surface area contributed by atoms with Gasteiger partial charge in [-0.05, 0) is 41.7 Å². The van der Waals surface area contributed by atoms with Crippen molar-refractivity contribution in [3.63, 3.8) is 0 Å². The number of carbonyl (C=O) groups excluding carboxylic acids is 2. The van der Waals surface area contributed by atoms with E-state index in [1.807, 2.05) is 71.6 Å². The molecule has 1 aliphatic carbocycles. The van der Waals surface area contributed by atoms with Crippen LogP contribution in [-0.2, 0) is 4.79 Å². The first-order valence-electron chi connectivity index (χ1n) is 12.4. The third-order valence-electron chi connectivity index (χ3n) is 7.35. The Balaban J connectivity index is 1.25. The van der Waals surface area contributed by atoms with Gasteiger partial charge in [0.15, 0.2) is 5.82 Å². The molecule has 2 N–H and O–H groups in total.